The standard InChI is InChI=1S/C13H21NO3S2/c1-4-14(5-2)8-9-18-13-10-12(19(15,16)17)7-6-11(13)3/h6-7,10H,4-5,8-9H2,1-3H3,(H,15,16,17). The second-order valence-corrected chi connectivity index (χ2v) is 6.84. The van der Waals surface area contributed by atoms with Crippen molar-refractivity contribution in [2.75, 3.05) is 25.4 Å². The lowest BCUT2D eigenvalue weighted by Crippen LogP contribution is -2.25. The van der Waals surface area contributed by atoms with Crippen LogP contribution in [-0.2, 0) is 10.1 Å². The maximum absolute atomic E-state index is 11.1. The Labute approximate surface area is 119 Å². The number of aryl methyl sites for hydroxylation is 1. The normalized spacial score (nSPS) is 12.1. The Morgan fingerprint density at radius 2 is 1.89 bits per heavy atom. The summed E-state index contributed by atoms with van der Waals surface area (Å²) in [4.78, 5) is 3.18. The second kappa shape index (κ2) is 7.28. The van der Waals surface area contributed by atoms with E-state index in [1.54, 1.807) is 17.8 Å². The lowest BCUT2D eigenvalue weighted by atomic mass is 10.2. The molecule has 108 valence electrons. The predicted molar refractivity (Wildman–Crippen MR) is 79.5 cm³/mol. The van der Waals surface area contributed by atoms with Gasteiger partial charge in [0.05, 0.1) is 4.90 Å². The van der Waals surface area contributed by atoms with Crippen LogP contribution in [-0.4, -0.2) is 43.3 Å². The molecule has 1 aromatic carbocycles. The molecular formula is C13H21NO3S2. The first-order valence-corrected chi connectivity index (χ1v) is 8.74. The second-order valence-electron chi connectivity index (χ2n) is 4.28. The van der Waals surface area contributed by atoms with Gasteiger partial charge < -0.3 is 4.90 Å². The Morgan fingerprint density at radius 1 is 1.26 bits per heavy atom. The first kappa shape index (κ1) is 16.5. The molecule has 0 bridgehead atoms. The van der Waals surface area contributed by atoms with E-state index in [-0.39, 0.29) is 4.90 Å². The molecule has 19 heavy (non-hydrogen) atoms. The van der Waals surface area contributed by atoms with Crippen molar-refractivity contribution in [2.45, 2.75) is 30.6 Å². The molecule has 0 heterocycles. The SMILES string of the molecule is CCN(CC)CCSc1cc(S(=O)(=O)O)ccc1C. The summed E-state index contributed by atoms with van der Waals surface area (Å²) in [5.74, 6) is 0.900. The fourth-order valence-electron chi connectivity index (χ4n) is 1.72. The summed E-state index contributed by atoms with van der Waals surface area (Å²) in [5, 5.41) is 0. The summed E-state index contributed by atoms with van der Waals surface area (Å²) >= 11 is 1.62. The molecule has 0 aromatic heterocycles. The van der Waals surface area contributed by atoms with Gasteiger partial charge in [0.2, 0.25) is 0 Å². The topological polar surface area (TPSA) is 57.6 Å². The molecule has 0 spiro atoms. The van der Waals surface area contributed by atoms with Crippen molar-refractivity contribution in [2.24, 2.45) is 0 Å². The lowest BCUT2D eigenvalue weighted by Gasteiger charge is -2.17. The minimum Gasteiger partial charge on any atom is -0.303 e. The highest BCUT2D eigenvalue weighted by atomic mass is 32.2. The van der Waals surface area contributed by atoms with Crippen LogP contribution in [0.3, 0.4) is 0 Å². The van der Waals surface area contributed by atoms with Gasteiger partial charge in [0.25, 0.3) is 10.1 Å². The monoisotopic (exact) mass is 303 g/mol. The van der Waals surface area contributed by atoms with Crippen LogP contribution in [0.4, 0.5) is 0 Å². The Bertz CT molecular complexity index is 511. The van der Waals surface area contributed by atoms with Gasteiger partial charge in [-0.1, -0.05) is 19.9 Å². The highest BCUT2D eigenvalue weighted by Crippen LogP contribution is 2.25. The summed E-state index contributed by atoms with van der Waals surface area (Å²) in [5.41, 5.74) is 1.02. The van der Waals surface area contributed by atoms with Gasteiger partial charge in [0.1, 0.15) is 0 Å². The van der Waals surface area contributed by atoms with Crippen molar-refractivity contribution in [3.05, 3.63) is 23.8 Å². The Kier molecular flexibility index (Phi) is 6.32. The van der Waals surface area contributed by atoms with Gasteiger partial charge >= 0.3 is 0 Å². The van der Waals surface area contributed by atoms with E-state index >= 15 is 0 Å². The lowest BCUT2D eigenvalue weighted by molar-refractivity contribution is 0.324. The van der Waals surface area contributed by atoms with Gasteiger partial charge in [-0.05, 0) is 37.7 Å². The molecule has 0 unspecified atom stereocenters. The van der Waals surface area contributed by atoms with Crippen LogP contribution in [0, 0.1) is 6.92 Å². The zero-order chi connectivity index (χ0) is 14.5. The number of hydrogen-bond acceptors (Lipinski definition) is 4. The molecule has 1 aromatic rings. The van der Waals surface area contributed by atoms with Crippen LogP contribution in [0.2, 0.25) is 0 Å². The van der Waals surface area contributed by atoms with Crippen molar-refractivity contribution in [3.8, 4) is 0 Å². The molecule has 1 rings (SSSR count). The van der Waals surface area contributed by atoms with Crippen LogP contribution in [0.15, 0.2) is 28.0 Å². The van der Waals surface area contributed by atoms with E-state index in [4.69, 9.17) is 4.55 Å². The van der Waals surface area contributed by atoms with E-state index in [9.17, 15) is 8.42 Å². The Morgan fingerprint density at radius 3 is 2.42 bits per heavy atom. The molecule has 0 aliphatic rings. The zero-order valence-electron chi connectivity index (χ0n) is 11.6. The molecule has 0 fully saturated rings. The molecule has 0 radical (unpaired) electrons. The van der Waals surface area contributed by atoms with Crippen LogP contribution in [0.25, 0.3) is 0 Å². The van der Waals surface area contributed by atoms with Crippen molar-refractivity contribution in [1.82, 2.24) is 4.90 Å². The Hall–Kier alpha value is -0.560. The van der Waals surface area contributed by atoms with Crippen LogP contribution < -0.4 is 0 Å². The van der Waals surface area contributed by atoms with E-state index in [1.807, 2.05) is 6.92 Å². The molecule has 1 N–H and O–H groups in total. The summed E-state index contributed by atoms with van der Waals surface area (Å²) in [6.45, 7) is 9.18. The average molecular weight is 303 g/mol. The molecule has 0 saturated heterocycles. The molecule has 6 heteroatoms. The third-order valence-electron chi connectivity index (χ3n) is 3.02. The zero-order valence-corrected chi connectivity index (χ0v) is 13.2. The molecule has 0 aliphatic carbocycles. The molecule has 0 atom stereocenters. The number of nitrogens with zero attached hydrogens (tertiary/aromatic N) is 1. The maximum Gasteiger partial charge on any atom is 0.294 e. The smallest absolute Gasteiger partial charge is 0.294 e. The van der Waals surface area contributed by atoms with Crippen LogP contribution >= 0.6 is 11.8 Å². The van der Waals surface area contributed by atoms with Crippen LogP contribution in [0.1, 0.15) is 19.4 Å². The van der Waals surface area contributed by atoms with Gasteiger partial charge in [-0.15, -0.1) is 11.8 Å². The van der Waals surface area contributed by atoms with E-state index in [1.165, 1.54) is 12.1 Å². The third-order valence-corrected chi connectivity index (χ3v) is 5.00. The third kappa shape index (κ3) is 5.14. The van der Waals surface area contributed by atoms with Crippen molar-refractivity contribution in [1.29, 1.82) is 0 Å². The van der Waals surface area contributed by atoms with Gasteiger partial charge in [-0.25, -0.2) is 0 Å². The maximum atomic E-state index is 11.1. The molecule has 0 amide bonds. The van der Waals surface area contributed by atoms with Crippen molar-refractivity contribution in [3.63, 3.8) is 0 Å². The largest absolute Gasteiger partial charge is 0.303 e. The van der Waals surface area contributed by atoms with E-state index in [2.05, 4.69) is 18.7 Å². The fourth-order valence-corrected chi connectivity index (χ4v) is 3.38. The number of thioether (sulfide) groups is 1. The Balaban J connectivity index is 2.73. The van der Waals surface area contributed by atoms with E-state index < -0.39 is 10.1 Å². The molecule has 0 aliphatic heterocycles. The van der Waals surface area contributed by atoms with Crippen molar-refractivity contribution >= 4 is 21.9 Å². The van der Waals surface area contributed by atoms with Gasteiger partial charge in [0, 0.05) is 17.2 Å². The predicted octanol–water partition coefficient (Wildman–Crippen LogP) is 2.68. The summed E-state index contributed by atoms with van der Waals surface area (Å²) in [7, 11) is -4.12. The summed E-state index contributed by atoms with van der Waals surface area (Å²) in [6, 6.07) is 4.69. The highest BCUT2D eigenvalue weighted by molar-refractivity contribution is 7.99. The quantitative estimate of drug-likeness (QED) is 0.620. The van der Waals surface area contributed by atoms with Gasteiger partial charge in [0.15, 0.2) is 0 Å². The first-order chi connectivity index (χ1) is 8.88. The summed E-state index contributed by atoms with van der Waals surface area (Å²) in [6.07, 6.45) is 0. The van der Waals surface area contributed by atoms with E-state index in [0.29, 0.717) is 0 Å². The van der Waals surface area contributed by atoms with Crippen LogP contribution in [0.5, 0.6) is 0 Å². The highest BCUT2D eigenvalue weighted by Gasteiger charge is 2.11. The van der Waals surface area contributed by atoms with Crippen molar-refractivity contribution < 1.29 is 13.0 Å². The minimum atomic E-state index is -4.12. The summed E-state index contributed by atoms with van der Waals surface area (Å²) < 4.78 is 31.3. The molecular weight excluding hydrogens is 282 g/mol. The first-order valence-electron chi connectivity index (χ1n) is 6.31. The van der Waals surface area contributed by atoms with Gasteiger partial charge in [-0.3, -0.25) is 4.55 Å². The number of hydrogen-bond donors (Lipinski definition) is 1. The number of benzene rings is 1. The minimum absolute atomic E-state index is 0.0385. The molecule has 4 nitrogen and oxygen atoms in total. The fraction of sp³-hybridized carbons (Fsp3) is 0.538. The van der Waals surface area contributed by atoms with E-state index in [0.717, 1.165) is 35.8 Å². The average Bonchev–Trinajstić information content (AvgIpc) is 2.35. The number of rotatable bonds is 7. The molecule has 0 saturated carbocycles. The van der Waals surface area contributed by atoms with Gasteiger partial charge in [-0.2, -0.15) is 8.42 Å².